The summed E-state index contributed by atoms with van der Waals surface area (Å²) in [6.07, 6.45) is 6.22. The molecule has 6 heteroatoms. The predicted molar refractivity (Wildman–Crippen MR) is 108 cm³/mol. The smallest absolute Gasteiger partial charge is 0.310 e. The number of carbonyl (C=O) groups is 2. The number of ether oxygens (including phenoxy) is 2. The standard InChI is InChI=1S/C24H32O6/c1-4-8-24(21(27)28)9-7-15-14-6-5-13-10-16(25)19-20(30-12-29-19)23(13,3)18(14)17(26)11-22(15,24)2/h10,14-15,17-18,26H,4-9,11-12H2,1-3H3,(H,27,28)/t14-,15-,17-,18+,22-,23-,24+/m0/s1. The van der Waals surface area contributed by atoms with Crippen LogP contribution < -0.4 is 0 Å². The average molecular weight is 417 g/mol. The van der Waals surface area contributed by atoms with Crippen LogP contribution in [-0.4, -0.2) is 34.9 Å². The van der Waals surface area contributed by atoms with E-state index in [4.69, 9.17) is 9.47 Å². The van der Waals surface area contributed by atoms with Gasteiger partial charge in [0.05, 0.1) is 16.9 Å². The molecule has 1 heterocycles. The first kappa shape index (κ1) is 20.1. The van der Waals surface area contributed by atoms with Crippen molar-refractivity contribution in [2.75, 3.05) is 6.79 Å². The average Bonchev–Trinajstić information content (AvgIpc) is 3.28. The SMILES string of the molecule is CCC[C@]1(C(=O)O)CC[C@H]2[C@@H]3CCC4=CC(=O)C5=C(OCO5)[C@]4(C)[C@H]3[C@@H](O)C[C@@]21C. The van der Waals surface area contributed by atoms with Crippen LogP contribution in [-0.2, 0) is 19.1 Å². The van der Waals surface area contributed by atoms with Gasteiger partial charge in [-0.05, 0) is 68.8 Å². The summed E-state index contributed by atoms with van der Waals surface area (Å²) in [4.78, 5) is 25.1. The second-order valence-corrected chi connectivity index (χ2v) is 10.5. The van der Waals surface area contributed by atoms with Gasteiger partial charge in [-0.25, -0.2) is 0 Å². The summed E-state index contributed by atoms with van der Waals surface area (Å²) in [6, 6.07) is 0. The lowest BCUT2D eigenvalue weighted by molar-refractivity contribution is -0.175. The molecule has 0 aromatic carbocycles. The van der Waals surface area contributed by atoms with Gasteiger partial charge >= 0.3 is 5.97 Å². The van der Waals surface area contributed by atoms with E-state index in [1.807, 2.05) is 6.92 Å². The number of carbonyl (C=O) groups excluding carboxylic acids is 1. The molecule has 3 fully saturated rings. The number of hydrogen-bond donors (Lipinski definition) is 2. The molecule has 2 N–H and O–H groups in total. The maximum absolute atomic E-state index is 12.5. The molecule has 4 aliphatic carbocycles. The molecule has 5 rings (SSSR count). The number of aliphatic hydroxyl groups excluding tert-OH is 1. The molecule has 164 valence electrons. The summed E-state index contributed by atoms with van der Waals surface area (Å²) in [6.45, 7) is 6.29. The van der Waals surface area contributed by atoms with Crippen molar-refractivity contribution in [1.82, 2.24) is 0 Å². The topological polar surface area (TPSA) is 93.1 Å². The fourth-order valence-electron chi connectivity index (χ4n) is 8.37. The zero-order valence-corrected chi connectivity index (χ0v) is 18.1. The van der Waals surface area contributed by atoms with Gasteiger partial charge < -0.3 is 19.7 Å². The molecule has 0 radical (unpaired) electrons. The van der Waals surface area contributed by atoms with Gasteiger partial charge in [0.2, 0.25) is 18.3 Å². The highest BCUT2D eigenvalue weighted by Gasteiger charge is 2.69. The molecule has 0 aromatic heterocycles. The number of fused-ring (bicyclic) bond motifs is 6. The van der Waals surface area contributed by atoms with E-state index in [-0.39, 0.29) is 30.3 Å². The second kappa shape index (κ2) is 6.35. The maximum atomic E-state index is 12.5. The summed E-state index contributed by atoms with van der Waals surface area (Å²) in [5, 5.41) is 21.9. The van der Waals surface area contributed by atoms with Crippen LogP contribution in [0.15, 0.2) is 23.2 Å². The zero-order chi connectivity index (χ0) is 21.5. The maximum Gasteiger partial charge on any atom is 0.310 e. The number of hydrogen-bond acceptors (Lipinski definition) is 5. The normalized spacial score (nSPS) is 46.8. The van der Waals surface area contributed by atoms with Gasteiger partial charge in [-0.2, -0.15) is 0 Å². The summed E-state index contributed by atoms with van der Waals surface area (Å²) < 4.78 is 11.3. The van der Waals surface area contributed by atoms with Crippen LogP contribution in [0.3, 0.4) is 0 Å². The third kappa shape index (κ3) is 2.18. The van der Waals surface area contributed by atoms with Gasteiger partial charge in [0.15, 0.2) is 5.76 Å². The number of rotatable bonds is 3. The Kier molecular flexibility index (Phi) is 4.25. The van der Waals surface area contributed by atoms with Gasteiger partial charge in [-0.15, -0.1) is 0 Å². The Morgan fingerprint density at radius 2 is 2.03 bits per heavy atom. The predicted octanol–water partition coefficient (Wildman–Crippen LogP) is 3.80. The van der Waals surface area contributed by atoms with Crippen LogP contribution in [0.1, 0.15) is 65.7 Å². The minimum absolute atomic E-state index is 0.0420. The van der Waals surface area contributed by atoms with Crippen molar-refractivity contribution in [1.29, 1.82) is 0 Å². The minimum atomic E-state index is -0.769. The number of carboxylic acids is 1. The van der Waals surface area contributed by atoms with Crippen LogP contribution in [0.5, 0.6) is 0 Å². The molecule has 0 aromatic rings. The molecule has 30 heavy (non-hydrogen) atoms. The summed E-state index contributed by atoms with van der Waals surface area (Å²) in [5.74, 6) is 0.376. The summed E-state index contributed by atoms with van der Waals surface area (Å²) >= 11 is 0. The van der Waals surface area contributed by atoms with Crippen molar-refractivity contribution >= 4 is 11.8 Å². The van der Waals surface area contributed by atoms with E-state index in [9.17, 15) is 19.8 Å². The van der Waals surface area contributed by atoms with Crippen molar-refractivity contribution in [2.45, 2.75) is 71.8 Å². The van der Waals surface area contributed by atoms with Crippen LogP contribution in [0.4, 0.5) is 0 Å². The van der Waals surface area contributed by atoms with Crippen molar-refractivity contribution in [3.05, 3.63) is 23.2 Å². The molecular formula is C24H32O6. The Morgan fingerprint density at radius 1 is 1.27 bits per heavy atom. The molecule has 7 atom stereocenters. The Hall–Kier alpha value is -1.82. The Balaban J connectivity index is 1.59. The first-order chi connectivity index (χ1) is 14.2. The molecule has 0 amide bonds. The molecule has 0 unspecified atom stereocenters. The van der Waals surface area contributed by atoms with Crippen molar-refractivity contribution in [3.8, 4) is 0 Å². The number of carboxylic acid groups (broad SMARTS) is 1. The van der Waals surface area contributed by atoms with E-state index in [1.165, 1.54) is 0 Å². The molecule has 0 bridgehead atoms. The lowest BCUT2D eigenvalue weighted by atomic mass is 9.44. The fourth-order valence-corrected chi connectivity index (χ4v) is 8.37. The van der Waals surface area contributed by atoms with Crippen molar-refractivity contribution in [3.63, 3.8) is 0 Å². The first-order valence-corrected chi connectivity index (χ1v) is 11.4. The van der Waals surface area contributed by atoms with Crippen LogP contribution >= 0.6 is 0 Å². The number of aliphatic carboxylic acids is 1. The van der Waals surface area contributed by atoms with Gasteiger partial charge in [0, 0.05) is 5.92 Å². The van der Waals surface area contributed by atoms with Crippen molar-refractivity contribution in [2.24, 2.45) is 34.0 Å². The second-order valence-electron chi connectivity index (χ2n) is 10.5. The largest absolute Gasteiger partial charge is 0.481 e. The third-order valence-corrected chi connectivity index (χ3v) is 9.60. The molecule has 6 nitrogen and oxygen atoms in total. The summed E-state index contributed by atoms with van der Waals surface area (Å²) in [5.41, 5.74) is -0.739. The highest BCUT2D eigenvalue weighted by molar-refractivity contribution is 6.05. The van der Waals surface area contributed by atoms with Crippen LogP contribution in [0.25, 0.3) is 0 Å². The van der Waals surface area contributed by atoms with Crippen LogP contribution in [0.2, 0.25) is 0 Å². The molecule has 0 saturated heterocycles. The molecule has 1 aliphatic heterocycles. The highest BCUT2D eigenvalue weighted by atomic mass is 16.7. The molecule has 3 saturated carbocycles. The van der Waals surface area contributed by atoms with Gasteiger partial charge in [0.1, 0.15) is 0 Å². The quantitative estimate of drug-likeness (QED) is 0.727. The zero-order valence-electron chi connectivity index (χ0n) is 18.1. The third-order valence-electron chi connectivity index (χ3n) is 9.60. The van der Waals surface area contributed by atoms with Gasteiger partial charge in [-0.1, -0.05) is 25.8 Å². The van der Waals surface area contributed by atoms with E-state index >= 15 is 0 Å². The van der Waals surface area contributed by atoms with Crippen LogP contribution in [0, 0.1) is 34.0 Å². The number of aliphatic hydroxyl groups is 1. The first-order valence-electron chi connectivity index (χ1n) is 11.4. The fraction of sp³-hybridized carbons (Fsp3) is 0.750. The minimum Gasteiger partial charge on any atom is -0.481 e. The lowest BCUT2D eigenvalue weighted by Crippen LogP contribution is -2.59. The van der Waals surface area contributed by atoms with Gasteiger partial charge in [0.25, 0.3) is 0 Å². The lowest BCUT2D eigenvalue weighted by Gasteiger charge is -2.60. The monoisotopic (exact) mass is 416 g/mol. The number of ketones is 1. The Morgan fingerprint density at radius 3 is 2.73 bits per heavy atom. The van der Waals surface area contributed by atoms with E-state index in [0.29, 0.717) is 30.8 Å². The van der Waals surface area contributed by atoms with Gasteiger partial charge in [-0.3, -0.25) is 9.59 Å². The summed E-state index contributed by atoms with van der Waals surface area (Å²) in [7, 11) is 0. The highest BCUT2D eigenvalue weighted by Crippen LogP contribution is 2.71. The molecular weight excluding hydrogens is 384 g/mol. The Labute approximate surface area is 177 Å². The van der Waals surface area contributed by atoms with E-state index in [0.717, 1.165) is 31.3 Å². The molecule has 0 spiro atoms. The number of allylic oxidation sites excluding steroid dienone is 2. The van der Waals surface area contributed by atoms with E-state index in [1.54, 1.807) is 6.08 Å². The van der Waals surface area contributed by atoms with E-state index in [2.05, 4.69) is 13.8 Å². The van der Waals surface area contributed by atoms with Crippen molar-refractivity contribution < 1.29 is 29.3 Å². The van der Waals surface area contributed by atoms with E-state index < -0.39 is 28.3 Å². The molecule has 5 aliphatic rings. The Bertz CT molecular complexity index is 873.